The second kappa shape index (κ2) is 12.2. The Balaban J connectivity index is 1.77. The molecule has 2 rings (SSSR count). The number of carbonyl (C=O) groups is 1. The first-order valence-electron chi connectivity index (χ1n) is 11.6. The predicted octanol–water partition coefficient (Wildman–Crippen LogP) is 6.05. The van der Waals surface area contributed by atoms with Crippen molar-refractivity contribution < 1.29 is 9.53 Å². The van der Waals surface area contributed by atoms with Crippen LogP contribution in [0.3, 0.4) is 0 Å². The zero-order chi connectivity index (χ0) is 23.7. The Labute approximate surface area is 197 Å². The van der Waals surface area contributed by atoms with E-state index in [0.717, 1.165) is 42.3 Å². The van der Waals surface area contributed by atoms with Gasteiger partial charge in [0.15, 0.2) is 5.16 Å². The van der Waals surface area contributed by atoms with Crippen molar-refractivity contribution in [3.8, 4) is 5.69 Å². The van der Waals surface area contributed by atoms with E-state index in [4.69, 9.17) is 4.74 Å². The summed E-state index contributed by atoms with van der Waals surface area (Å²) in [6.45, 7) is 12.6. The molecule has 6 heteroatoms. The third kappa shape index (κ3) is 6.47. The van der Waals surface area contributed by atoms with E-state index in [1.807, 2.05) is 37.3 Å². The van der Waals surface area contributed by atoms with Gasteiger partial charge >= 0.3 is 5.97 Å². The maximum absolute atomic E-state index is 12.7. The van der Waals surface area contributed by atoms with Crippen LogP contribution in [0.2, 0.25) is 0 Å². The van der Waals surface area contributed by atoms with Gasteiger partial charge in [-0.1, -0.05) is 70.5 Å². The Morgan fingerprint density at radius 1 is 1.06 bits per heavy atom. The molecule has 0 aliphatic rings. The number of ether oxygens (including phenoxy) is 1. The van der Waals surface area contributed by atoms with Gasteiger partial charge in [0.25, 0.3) is 5.56 Å². The minimum atomic E-state index is -0.438. The number of esters is 1. The smallest absolute Gasteiger partial charge is 0.312 e. The molecule has 1 aromatic heterocycles. The third-order valence-electron chi connectivity index (χ3n) is 6.46. The number of carbonyl (C=O) groups excluding carboxylic acids is 1. The van der Waals surface area contributed by atoms with Gasteiger partial charge in [-0.25, -0.2) is 4.98 Å². The number of benzene rings is 1. The van der Waals surface area contributed by atoms with Crippen LogP contribution >= 0.6 is 11.8 Å². The first-order valence-corrected chi connectivity index (χ1v) is 12.6. The summed E-state index contributed by atoms with van der Waals surface area (Å²) < 4.78 is 7.30. The van der Waals surface area contributed by atoms with Gasteiger partial charge in [-0.05, 0) is 50.7 Å². The van der Waals surface area contributed by atoms with Crippen LogP contribution in [0.5, 0.6) is 0 Å². The van der Waals surface area contributed by atoms with Crippen molar-refractivity contribution in [3.05, 3.63) is 52.4 Å². The van der Waals surface area contributed by atoms with Crippen molar-refractivity contribution in [2.24, 2.45) is 17.3 Å². The van der Waals surface area contributed by atoms with E-state index in [-0.39, 0.29) is 23.4 Å². The number of nitrogens with zero attached hydrogens (tertiary/aromatic N) is 2. The van der Waals surface area contributed by atoms with Crippen LogP contribution in [0.15, 0.2) is 46.5 Å². The van der Waals surface area contributed by atoms with E-state index in [1.54, 1.807) is 29.4 Å². The van der Waals surface area contributed by atoms with Crippen LogP contribution in [-0.2, 0) is 9.53 Å². The van der Waals surface area contributed by atoms with Crippen molar-refractivity contribution in [1.29, 1.82) is 0 Å². The number of para-hydroxylation sites is 1. The Morgan fingerprint density at radius 2 is 1.69 bits per heavy atom. The fraction of sp³-hybridized carbons (Fsp3) is 0.577. The van der Waals surface area contributed by atoms with Crippen LogP contribution in [0, 0.1) is 24.2 Å². The molecule has 0 radical (unpaired) electrons. The molecule has 176 valence electrons. The average Bonchev–Trinajstić information content (AvgIpc) is 2.77. The summed E-state index contributed by atoms with van der Waals surface area (Å²) >= 11 is 1.61. The standard InChI is InChI=1S/C26H38N2O3S/c1-19(2)26(6,20(3)4)24(30)31-16-12-7-8-13-17-32-25-27-18-21(5)23(29)28(25)22-14-10-9-11-15-22/h9-11,14-15,18-20H,7-8,12-13,16-17H2,1-6H3. The number of hydrogen-bond donors (Lipinski definition) is 0. The van der Waals surface area contributed by atoms with Crippen molar-refractivity contribution in [3.63, 3.8) is 0 Å². The Kier molecular flexibility index (Phi) is 10.0. The van der Waals surface area contributed by atoms with Crippen LogP contribution < -0.4 is 5.56 Å². The van der Waals surface area contributed by atoms with E-state index in [9.17, 15) is 9.59 Å². The Hall–Kier alpha value is -2.08. The van der Waals surface area contributed by atoms with Crippen LogP contribution in [0.1, 0.15) is 65.9 Å². The van der Waals surface area contributed by atoms with E-state index in [0.29, 0.717) is 12.2 Å². The summed E-state index contributed by atoms with van der Waals surface area (Å²) in [6, 6.07) is 9.65. The summed E-state index contributed by atoms with van der Waals surface area (Å²) in [5, 5.41) is 0.724. The van der Waals surface area contributed by atoms with Gasteiger partial charge in [0, 0.05) is 17.5 Å². The summed E-state index contributed by atoms with van der Waals surface area (Å²) in [6.07, 6.45) is 5.62. The summed E-state index contributed by atoms with van der Waals surface area (Å²) in [5.74, 6) is 1.30. The lowest BCUT2D eigenvalue weighted by molar-refractivity contribution is -0.161. The van der Waals surface area contributed by atoms with E-state index < -0.39 is 5.41 Å². The lowest BCUT2D eigenvalue weighted by Crippen LogP contribution is -2.39. The molecule has 1 heterocycles. The van der Waals surface area contributed by atoms with Crippen LogP contribution in [0.25, 0.3) is 5.69 Å². The molecule has 5 nitrogen and oxygen atoms in total. The van der Waals surface area contributed by atoms with Gasteiger partial charge in [0.2, 0.25) is 0 Å². The predicted molar refractivity (Wildman–Crippen MR) is 133 cm³/mol. The molecule has 0 saturated carbocycles. The van der Waals surface area contributed by atoms with Gasteiger partial charge in [0.1, 0.15) is 0 Å². The molecule has 0 saturated heterocycles. The largest absolute Gasteiger partial charge is 0.465 e. The summed E-state index contributed by atoms with van der Waals surface area (Å²) in [4.78, 5) is 29.8. The lowest BCUT2D eigenvalue weighted by Gasteiger charge is -2.35. The second-order valence-corrected chi connectivity index (χ2v) is 10.3. The number of hydrogen-bond acceptors (Lipinski definition) is 5. The van der Waals surface area contributed by atoms with Gasteiger partial charge < -0.3 is 4.74 Å². The summed E-state index contributed by atoms with van der Waals surface area (Å²) in [5.41, 5.74) is 1.02. The molecule has 0 atom stereocenters. The number of aryl methyl sites for hydroxylation is 1. The van der Waals surface area contributed by atoms with Crippen molar-refractivity contribution in [1.82, 2.24) is 9.55 Å². The molecule has 0 amide bonds. The van der Waals surface area contributed by atoms with Crippen molar-refractivity contribution in [2.45, 2.75) is 72.4 Å². The number of aromatic nitrogens is 2. The highest BCUT2D eigenvalue weighted by Crippen LogP contribution is 2.36. The third-order valence-corrected chi connectivity index (χ3v) is 7.50. The molecule has 0 unspecified atom stereocenters. The van der Waals surface area contributed by atoms with E-state index >= 15 is 0 Å². The molecule has 0 aliphatic carbocycles. The number of rotatable bonds is 12. The highest BCUT2D eigenvalue weighted by molar-refractivity contribution is 7.99. The maximum Gasteiger partial charge on any atom is 0.312 e. The molecule has 0 bridgehead atoms. The monoisotopic (exact) mass is 458 g/mol. The molecule has 0 aliphatic heterocycles. The highest BCUT2D eigenvalue weighted by atomic mass is 32.2. The first kappa shape index (κ1) is 26.2. The van der Waals surface area contributed by atoms with Crippen LogP contribution in [0.4, 0.5) is 0 Å². The van der Waals surface area contributed by atoms with Gasteiger partial charge in [0.05, 0.1) is 17.7 Å². The molecule has 0 fully saturated rings. The summed E-state index contributed by atoms with van der Waals surface area (Å²) in [7, 11) is 0. The number of thioether (sulfide) groups is 1. The Morgan fingerprint density at radius 3 is 2.31 bits per heavy atom. The minimum absolute atomic E-state index is 0.0229. The SMILES string of the molecule is Cc1cnc(SCCCCCCOC(=O)C(C)(C(C)C)C(C)C)n(-c2ccccc2)c1=O. The van der Waals surface area contributed by atoms with Gasteiger partial charge in [-0.15, -0.1) is 0 Å². The Bertz CT molecular complexity index is 914. The maximum atomic E-state index is 12.7. The molecule has 0 spiro atoms. The molecule has 1 aromatic carbocycles. The normalized spacial score (nSPS) is 11.9. The zero-order valence-electron chi connectivity index (χ0n) is 20.4. The van der Waals surface area contributed by atoms with Crippen molar-refractivity contribution >= 4 is 17.7 Å². The van der Waals surface area contributed by atoms with E-state index in [2.05, 4.69) is 32.7 Å². The topological polar surface area (TPSA) is 61.2 Å². The molecular weight excluding hydrogens is 420 g/mol. The van der Waals surface area contributed by atoms with E-state index in [1.165, 1.54) is 0 Å². The molecular formula is C26H38N2O3S. The minimum Gasteiger partial charge on any atom is -0.465 e. The molecule has 32 heavy (non-hydrogen) atoms. The van der Waals surface area contributed by atoms with Gasteiger partial charge in [-0.2, -0.15) is 0 Å². The zero-order valence-corrected chi connectivity index (χ0v) is 21.2. The van der Waals surface area contributed by atoms with Crippen molar-refractivity contribution in [2.75, 3.05) is 12.4 Å². The lowest BCUT2D eigenvalue weighted by atomic mass is 9.70. The fourth-order valence-corrected chi connectivity index (χ4v) is 4.59. The number of unbranched alkanes of at least 4 members (excludes halogenated alkanes) is 3. The van der Waals surface area contributed by atoms with Crippen LogP contribution in [-0.4, -0.2) is 27.9 Å². The first-order chi connectivity index (χ1) is 15.2. The highest BCUT2D eigenvalue weighted by Gasteiger charge is 2.41. The average molecular weight is 459 g/mol. The fourth-order valence-electron chi connectivity index (χ4n) is 3.61. The quantitative estimate of drug-likeness (QED) is 0.168. The second-order valence-electron chi connectivity index (χ2n) is 9.19. The van der Waals surface area contributed by atoms with Gasteiger partial charge in [-0.3, -0.25) is 14.2 Å². The molecule has 2 aromatic rings. The molecule has 0 N–H and O–H groups in total.